The average molecular weight is 643 g/mol. The Balaban J connectivity index is 3.25. The van der Waals surface area contributed by atoms with Gasteiger partial charge in [0.25, 0.3) is 0 Å². The van der Waals surface area contributed by atoms with Gasteiger partial charge in [-0.2, -0.15) is 15.0 Å². The molecular formula is C27H42N6O12. The molecule has 0 spiro atoms. The topological polar surface area (TPSA) is 183 Å². The minimum atomic E-state index is -0.572. The third kappa shape index (κ3) is 16.4. The Kier molecular flexibility index (Phi) is 20.8. The molecule has 0 bridgehead atoms. The number of ether oxygens (including phenoxy) is 9. The lowest BCUT2D eigenvalue weighted by Gasteiger charge is -2.28. The van der Waals surface area contributed by atoms with Gasteiger partial charge in [-0.3, -0.25) is 14.7 Å². The van der Waals surface area contributed by atoms with Crippen LogP contribution in [0.3, 0.4) is 0 Å². The van der Waals surface area contributed by atoms with Crippen LogP contribution in [0.15, 0.2) is 38.0 Å². The lowest BCUT2D eigenvalue weighted by Crippen LogP contribution is -2.36. The molecule has 0 aliphatic heterocycles. The van der Waals surface area contributed by atoms with E-state index in [9.17, 15) is 14.4 Å². The van der Waals surface area contributed by atoms with Gasteiger partial charge in [0.2, 0.25) is 17.8 Å². The SMILES string of the molecule is C=CC(=O)OCCOCN(COC)c1nc(N(COC)COCCOC(=O)C=C)nc(N(COC)COCCOC(=O)C=C)n1. The predicted octanol–water partition coefficient (Wildman–Crippen LogP) is 0.212. The van der Waals surface area contributed by atoms with Crippen LogP contribution in [-0.2, 0) is 57.0 Å². The monoisotopic (exact) mass is 642 g/mol. The first-order valence-corrected chi connectivity index (χ1v) is 13.4. The number of rotatable bonds is 27. The summed E-state index contributed by atoms with van der Waals surface area (Å²) in [5.41, 5.74) is 0. The molecule has 0 aliphatic carbocycles. The van der Waals surface area contributed by atoms with Gasteiger partial charge in [-0.05, 0) is 0 Å². The Morgan fingerprint density at radius 2 is 0.778 bits per heavy atom. The molecule has 0 aliphatic rings. The van der Waals surface area contributed by atoms with E-state index in [1.807, 2.05) is 0 Å². The van der Waals surface area contributed by atoms with E-state index in [2.05, 4.69) is 34.7 Å². The number of nitrogens with zero attached hydrogens (tertiary/aromatic N) is 6. The molecule has 0 saturated heterocycles. The fourth-order valence-electron chi connectivity index (χ4n) is 3.00. The van der Waals surface area contributed by atoms with Crippen LogP contribution in [0.25, 0.3) is 0 Å². The van der Waals surface area contributed by atoms with Gasteiger partial charge in [0.15, 0.2) is 0 Å². The first kappa shape index (κ1) is 38.8. The Bertz CT molecular complexity index is 922. The lowest BCUT2D eigenvalue weighted by molar-refractivity contribution is -0.140. The van der Waals surface area contributed by atoms with E-state index >= 15 is 0 Å². The standard InChI is InChI=1S/C27H42N6O12/c1-7-22(34)43-13-10-40-19-31(16-37-4)25-28-26(32(17-38-5)20-41-11-14-44-23(35)8-2)30-27(29-25)33(18-39-6)21-42-12-15-45-24(36)9-3/h7-9H,1-3,10-21H2,4-6H3. The quantitative estimate of drug-likeness (QED) is 0.0417. The predicted molar refractivity (Wildman–Crippen MR) is 159 cm³/mol. The molecular weight excluding hydrogens is 600 g/mol. The second-order valence-corrected chi connectivity index (χ2v) is 8.34. The van der Waals surface area contributed by atoms with Crippen LogP contribution in [0.5, 0.6) is 0 Å². The smallest absolute Gasteiger partial charge is 0.330 e. The summed E-state index contributed by atoms with van der Waals surface area (Å²) in [7, 11) is 4.45. The molecule has 1 heterocycles. The molecule has 0 saturated carbocycles. The van der Waals surface area contributed by atoms with Crippen LogP contribution in [0.4, 0.5) is 17.8 Å². The maximum Gasteiger partial charge on any atom is 0.330 e. The Hall–Kier alpha value is -4.20. The van der Waals surface area contributed by atoms with Crippen LogP contribution in [0.2, 0.25) is 0 Å². The molecule has 18 nitrogen and oxygen atoms in total. The summed E-state index contributed by atoms with van der Waals surface area (Å²) in [6.07, 6.45) is 3.16. The van der Waals surface area contributed by atoms with Gasteiger partial charge < -0.3 is 42.6 Å². The van der Waals surface area contributed by atoms with Crippen LogP contribution in [-0.4, -0.2) is 134 Å². The van der Waals surface area contributed by atoms with Crippen LogP contribution in [0.1, 0.15) is 0 Å². The van der Waals surface area contributed by atoms with Crippen molar-refractivity contribution >= 4 is 35.8 Å². The number of hydrogen-bond donors (Lipinski definition) is 0. The molecule has 0 atom stereocenters. The van der Waals surface area contributed by atoms with Crippen molar-refractivity contribution < 1.29 is 57.0 Å². The molecule has 1 aromatic heterocycles. The van der Waals surface area contributed by atoms with Crippen molar-refractivity contribution in [2.75, 3.05) is 116 Å². The van der Waals surface area contributed by atoms with E-state index in [0.717, 1.165) is 18.2 Å². The van der Waals surface area contributed by atoms with E-state index in [4.69, 9.17) is 42.6 Å². The van der Waals surface area contributed by atoms with E-state index < -0.39 is 17.9 Å². The zero-order valence-corrected chi connectivity index (χ0v) is 25.9. The zero-order chi connectivity index (χ0) is 33.3. The van der Waals surface area contributed by atoms with Gasteiger partial charge in [0.05, 0.1) is 19.8 Å². The molecule has 1 rings (SSSR count). The van der Waals surface area contributed by atoms with Gasteiger partial charge in [0, 0.05) is 39.6 Å². The van der Waals surface area contributed by atoms with Gasteiger partial charge in [0.1, 0.15) is 60.2 Å². The van der Waals surface area contributed by atoms with Crippen LogP contribution < -0.4 is 14.7 Å². The minimum absolute atomic E-state index is 0.00150. The van der Waals surface area contributed by atoms with Crippen LogP contribution in [0, 0.1) is 0 Å². The van der Waals surface area contributed by atoms with Gasteiger partial charge in [-0.1, -0.05) is 19.7 Å². The average Bonchev–Trinajstić information content (AvgIpc) is 3.05. The highest BCUT2D eigenvalue weighted by Crippen LogP contribution is 2.20. The second-order valence-electron chi connectivity index (χ2n) is 8.34. The maximum absolute atomic E-state index is 11.3. The largest absolute Gasteiger partial charge is 0.460 e. The summed E-state index contributed by atoms with van der Waals surface area (Å²) in [5, 5.41) is 0. The number of esters is 3. The second kappa shape index (κ2) is 24.2. The fourth-order valence-corrected chi connectivity index (χ4v) is 3.00. The molecule has 0 radical (unpaired) electrons. The Morgan fingerprint density at radius 3 is 1.00 bits per heavy atom. The summed E-state index contributed by atoms with van der Waals surface area (Å²) in [6.45, 7) is 10.2. The molecule has 45 heavy (non-hydrogen) atoms. The first-order chi connectivity index (χ1) is 21.8. The van der Waals surface area contributed by atoms with E-state index in [1.54, 1.807) is 14.7 Å². The van der Waals surface area contributed by atoms with Crippen molar-refractivity contribution in [3.63, 3.8) is 0 Å². The van der Waals surface area contributed by atoms with Crippen molar-refractivity contribution in [1.29, 1.82) is 0 Å². The van der Waals surface area contributed by atoms with Gasteiger partial charge >= 0.3 is 17.9 Å². The molecule has 0 amide bonds. The fraction of sp³-hybridized carbons (Fsp3) is 0.556. The number of carbonyl (C=O) groups is 3. The molecule has 0 unspecified atom stereocenters. The molecule has 0 N–H and O–H groups in total. The maximum atomic E-state index is 11.3. The van der Waals surface area contributed by atoms with E-state index in [1.165, 1.54) is 21.3 Å². The molecule has 252 valence electrons. The van der Waals surface area contributed by atoms with E-state index in [0.29, 0.717) is 0 Å². The highest BCUT2D eigenvalue weighted by molar-refractivity contribution is 5.81. The molecule has 0 fully saturated rings. The summed E-state index contributed by atoms with van der Waals surface area (Å²) >= 11 is 0. The molecule has 0 aromatic carbocycles. The van der Waals surface area contributed by atoms with E-state index in [-0.39, 0.29) is 97.9 Å². The number of methoxy groups -OCH3 is 3. The normalized spacial score (nSPS) is 10.5. The number of hydrogen-bond acceptors (Lipinski definition) is 18. The Labute approximate surface area is 262 Å². The molecule has 18 heteroatoms. The number of carbonyl (C=O) groups excluding carboxylic acids is 3. The zero-order valence-electron chi connectivity index (χ0n) is 25.9. The summed E-state index contributed by atoms with van der Waals surface area (Å²) in [5.74, 6) is -1.29. The van der Waals surface area contributed by atoms with Crippen molar-refractivity contribution in [1.82, 2.24) is 15.0 Å². The first-order valence-electron chi connectivity index (χ1n) is 13.4. The third-order valence-electron chi connectivity index (χ3n) is 4.96. The summed E-state index contributed by atoms with van der Waals surface area (Å²) < 4.78 is 47.7. The van der Waals surface area contributed by atoms with Crippen molar-refractivity contribution in [3.8, 4) is 0 Å². The number of aromatic nitrogens is 3. The highest BCUT2D eigenvalue weighted by Gasteiger charge is 2.21. The Morgan fingerprint density at radius 1 is 0.511 bits per heavy atom. The van der Waals surface area contributed by atoms with Crippen LogP contribution >= 0.6 is 0 Å². The minimum Gasteiger partial charge on any atom is -0.460 e. The molecule has 1 aromatic rings. The lowest BCUT2D eigenvalue weighted by atomic mass is 10.6. The number of anilines is 3. The summed E-state index contributed by atoms with van der Waals surface area (Å²) in [4.78, 5) is 52.3. The van der Waals surface area contributed by atoms with Gasteiger partial charge in [-0.25, -0.2) is 14.4 Å². The van der Waals surface area contributed by atoms with Crippen molar-refractivity contribution in [2.24, 2.45) is 0 Å². The van der Waals surface area contributed by atoms with Crippen molar-refractivity contribution in [3.05, 3.63) is 38.0 Å². The summed E-state index contributed by atoms with van der Waals surface area (Å²) in [6, 6.07) is 0. The highest BCUT2D eigenvalue weighted by atomic mass is 16.6. The van der Waals surface area contributed by atoms with Crippen molar-refractivity contribution in [2.45, 2.75) is 0 Å². The third-order valence-corrected chi connectivity index (χ3v) is 4.96. The van der Waals surface area contributed by atoms with Gasteiger partial charge in [-0.15, -0.1) is 0 Å².